The van der Waals surface area contributed by atoms with Gasteiger partial charge in [-0.3, -0.25) is 4.79 Å². The van der Waals surface area contributed by atoms with Crippen LogP contribution in [0.1, 0.15) is 32.6 Å². The Labute approximate surface area is 85.6 Å². The Kier molecular flexibility index (Phi) is 3.06. The Bertz CT molecular complexity index is 209. The highest BCUT2D eigenvalue weighted by Crippen LogP contribution is 2.29. The zero-order chi connectivity index (χ0) is 9.97. The van der Waals surface area contributed by atoms with Crippen molar-refractivity contribution in [1.82, 2.24) is 10.6 Å². The fourth-order valence-corrected chi connectivity index (χ4v) is 1.82. The lowest BCUT2D eigenvalue weighted by Crippen LogP contribution is -2.43. The number of amides is 1. The highest BCUT2D eigenvalue weighted by molar-refractivity contribution is 5.81. The molecule has 1 aliphatic heterocycles. The highest BCUT2D eigenvalue weighted by Gasteiger charge is 2.30. The summed E-state index contributed by atoms with van der Waals surface area (Å²) < 4.78 is 0. The number of carbonyl (C=O) groups is 1. The molecule has 1 amide bonds. The van der Waals surface area contributed by atoms with E-state index in [1.807, 2.05) is 0 Å². The van der Waals surface area contributed by atoms with Crippen LogP contribution in [0, 0.1) is 11.8 Å². The van der Waals surface area contributed by atoms with Crippen LogP contribution in [0.2, 0.25) is 0 Å². The lowest BCUT2D eigenvalue weighted by molar-refractivity contribution is -0.122. The first-order chi connectivity index (χ1) is 6.75. The van der Waals surface area contributed by atoms with E-state index in [0.717, 1.165) is 25.2 Å². The molecule has 1 atom stereocenters. The maximum Gasteiger partial charge on any atom is 0.223 e. The third kappa shape index (κ3) is 2.71. The predicted octanol–water partition coefficient (Wildman–Crippen LogP) is 0.901. The zero-order valence-electron chi connectivity index (χ0n) is 8.88. The maximum absolute atomic E-state index is 11.4. The minimum absolute atomic E-state index is 0.282. The van der Waals surface area contributed by atoms with Crippen LogP contribution in [0.3, 0.4) is 0 Å². The van der Waals surface area contributed by atoms with E-state index in [4.69, 9.17) is 0 Å². The number of rotatable bonds is 5. The first kappa shape index (κ1) is 9.97. The van der Waals surface area contributed by atoms with Crippen molar-refractivity contribution in [3.05, 3.63) is 0 Å². The summed E-state index contributed by atoms with van der Waals surface area (Å²) in [6, 6.07) is 0.365. The quantitative estimate of drug-likeness (QED) is 0.686. The molecule has 2 fully saturated rings. The second-order valence-electron chi connectivity index (χ2n) is 4.79. The van der Waals surface area contributed by atoms with Crippen molar-refractivity contribution < 1.29 is 4.79 Å². The molecule has 0 spiro atoms. The van der Waals surface area contributed by atoms with Gasteiger partial charge in [0.2, 0.25) is 5.91 Å². The molecule has 3 heteroatoms. The molecule has 14 heavy (non-hydrogen) atoms. The fourth-order valence-electron chi connectivity index (χ4n) is 1.82. The molecule has 1 unspecified atom stereocenters. The lowest BCUT2D eigenvalue weighted by atomic mass is 9.95. The average Bonchev–Trinajstić information content (AvgIpc) is 2.82. The summed E-state index contributed by atoms with van der Waals surface area (Å²) in [5.74, 6) is 1.49. The first-order valence-corrected chi connectivity index (χ1v) is 5.77. The second-order valence-corrected chi connectivity index (χ2v) is 4.79. The Morgan fingerprint density at radius 1 is 1.50 bits per heavy atom. The van der Waals surface area contributed by atoms with E-state index in [2.05, 4.69) is 17.6 Å². The molecular formula is C11H20N2O. The van der Waals surface area contributed by atoms with Crippen LogP contribution in [0.15, 0.2) is 0 Å². The van der Waals surface area contributed by atoms with E-state index >= 15 is 0 Å². The molecule has 1 saturated carbocycles. The average molecular weight is 196 g/mol. The van der Waals surface area contributed by atoms with Crippen molar-refractivity contribution in [1.29, 1.82) is 0 Å². The van der Waals surface area contributed by atoms with Gasteiger partial charge in [0, 0.05) is 12.0 Å². The zero-order valence-corrected chi connectivity index (χ0v) is 8.88. The standard InChI is InChI=1S/C11H20N2O/c1-8(2-3-9-6-12-7-9)13-11(14)10-4-5-10/h8-10,12H,2-7H2,1H3,(H,13,14). The number of hydrogen-bond donors (Lipinski definition) is 2. The van der Waals surface area contributed by atoms with Gasteiger partial charge in [0.15, 0.2) is 0 Å². The van der Waals surface area contributed by atoms with E-state index in [9.17, 15) is 4.79 Å². The minimum atomic E-state index is 0.282. The van der Waals surface area contributed by atoms with Gasteiger partial charge in [-0.15, -0.1) is 0 Å². The number of nitrogens with one attached hydrogen (secondary N) is 2. The van der Waals surface area contributed by atoms with Crippen molar-refractivity contribution in [2.45, 2.75) is 38.6 Å². The Morgan fingerprint density at radius 2 is 2.21 bits per heavy atom. The lowest BCUT2D eigenvalue weighted by Gasteiger charge is -2.28. The molecule has 2 N–H and O–H groups in total. The fraction of sp³-hybridized carbons (Fsp3) is 0.909. The SMILES string of the molecule is CC(CCC1CNC1)NC(=O)C1CC1. The van der Waals surface area contributed by atoms with Crippen molar-refractivity contribution in [3.8, 4) is 0 Å². The van der Waals surface area contributed by atoms with E-state index < -0.39 is 0 Å². The van der Waals surface area contributed by atoms with Crippen LogP contribution in [0.4, 0.5) is 0 Å². The molecule has 0 radical (unpaired) electrons. The van der Waals surface area contributed by atoms with Gasteiger partial charge in [0.05, 0.1) is 0 Å². The highest BCUT2D eigenvalue weighted by atomic mass is 16.2. The third-order valence-corrected chi connectivity index (χ3v) is 3.21. The molecule has 0 aromatic heterocycles. The molecule has 2 aliphatic rings. The summed E-state index contributed by atoms with van der Waals surface area (Å²) in [7, 11) is 0. The summed E-state index contributed by atoms with van der Waals surface area (Å²) in [4.78, 5) is 11.4. The Hall–Kier alpha value is -0.570. The summed E-state index contributed by atoms with van der Waals surface area (Å²) >= 11 is 0. The van der Waals surface area contributed by atoms with Gasteiger partial charge < -0.3 is 10.6 Å². The van der Waals surface area contributed by atoms with Gasteiger partial charge in [-0.25, -0.2) is 0 Å². The number of hydrogen-bond acceptors (Lipinski definition) is 2. The van der Waals surface area contributed by atoms with Crippen molar-refractivity contribution >= 4 is 5.91 Å². The van der Waals surface area contributed by atoms with Crippen LogP contribution in [0.25, 0.3) is 0 Å². The molecule has 3 nitrogen and oxygen atoms in total. The summed E-state index contributed by atoms with van der Waals surface area (Å²) in [6.45, 7) is 4.46. The molecule has 2 rings (SSSR count). The molecule has 0 bridgehead atoms. The van der Waals surface area contributed by atoms with Gasteiger partial charge in [-0.1, -0.05) is 0 Å². The second kappa shape index (κ2) is 4.30. The van der Waals surface area contributed by atoms with E-state index in [-0.39, 0.29) is 5.91 Å². The van der Waals surface area contributed by atoms with Crippen molar-refractivity contribution in [2.75, 3.05) is 13.1 Å². The summed E-state index contributed by atoms with van der Waals surface area (Å²) in [5.41, 5.74) is 0. The predicted molar refractivity (Wildman–Crippen MR) is 55.9 cm³/mol. The van der Waals surface area contributed by atoms with Crippen LogP contribution < -0.4 is 10.6 Å². The molecule has 1 heterocycles. The van der Waals surface area contributed by atoms with Gasteiger partial charge in [0.25, 0.3) is 0 Å². The number of carbonyl (C=O) groups excluding carboxylic acids is 1. The Balaban J connectivity index is 1.57. The van der Waals surface area contributed by atoms with Crippen LogP contribution >= 0.6 is 0 Å². The molecule has 0 aromatic carbocycles. The topological polar surface area (TPSA) is 41.1 Å². The third-order valence-electron chi connectivity index (χ3n) is 3.21. The normalized spacial score (nSPS) is 24.1. The van der Waals surface area contributed by atoms with E-state index in [1.54, 1.807) is 0 Å². The van der Waals surface area contributed by atoms with Crippen LogP contribution in [-0.4, -0.2) is 25.0 Å². The van der Waals surface area contributed by atoms with Crippen molar-refractivity contribution in [2.24, 2.45) is 11.8 Å². The Morgan fingerprint density at radius 3 is 2.71 bits per heavy atom. The van der Waals surface area contributed by atoms with Crippen LogP contribution in [-0.2, 0) is 4.79 Å². The van der Waals surface area contributed by atoms with Gasteiger partial charge in [-0.05, 0) is 51.6 Å². The molecule has 0 aromatic rings. The summed E-state index contributed by atoms with van der Waals surface area (Å²) in [5, 5.41) is 6.35. The van der Waals surface area contributed by atoms with Gasteiger partial charge in [-0.2, -0.15) is 0 Å². The van der Waals surface area contributed by atoms with Crippen LogP contribution in [0.5, 0.6) is 0 Å². The van der Waals surface area contributed by atoms with Crippen molar-refractivity contribution in [3.63, 3.8) is 0 Å². The maximum atomic E-state index is 11.4. The summed E-state index contributed by atoms with van der Waals surface area (Å²) in [6.07, 6.45) is 4.58. The first-order valence-electron chi connectivity index (χ1n) is 5.77. The molecule has 1 aliphatic carbocycles. The molecule has 1 saturated heterocycles. The van der Waals surface area contributed by atoms with Gasteiger partial charge >= 0.3 is 0 Å². The monoisotopic (exact) mass is 196 g/mol. The van der Waals surface area contributed by atoms with E-state index in [0.29, 0.717) is 12.0 Å². The smallest absolute Gasteiger partial charge is 0.223 e. The largest absolute Gasteiger partial charge is 0.353 e. The minimum Gasteiger partial charge on any atom is -0.353 e. The molecule has 80 valence electrons. The molecular weight excluding hydrogens is 176 g/mol. The van der Waals surface area contributed by atoms with Gasteiger partial charge in [0.1, 0.15) is 0 Å². The van der Waals surface area contributed by atoms with E-state index in [1.165, 1.54) is 19.5 Å².